The second kappa shape index (κ2) is 6.16. The van der Waals surface area contributed by atoms with Gasteiger partial charge in [-0.2, -0.15) is 0 Å². The molecule has 4 heteroatoms. The van der Waals surface area contributed by atoms with Crippen molar-refractivity contribution in [3.8, 4) is 5.75 Å². The smallest absolute Gasteiger partial charge is 0.257 e. The quantitative estimate of drug-likeness (QED) is 0.911. The lowest BCUT2D eigenvalue weighted by Gasteiger charge is -2.42. The molecule has 1 fully saturated rings. The normalized spacial score (nSPS) is 27.8. The van der Waals surface area contributed by atoms with Gasteiger partial charge in [0.15, 0.2) is 0 Å². The maximum Gasteiger partial charge on any atom is 0.257 e. The van der Waals surface area contributed by atoms with E-state index in [1.54, 1.807) is 0 Å². The molecule has 1 heterocycles. The van der Waals surface area contributed by atoms with E-state index < -0.39 is 0 Å². The van der Waals surface area contributed by atoms with Gasteiger partial charge in [0.2, 0.25) is 0 Å². The van der Waals surface area contributed by atoms with Gasteiger partial charge in [-0.1, -0.05) is 11.6 Å². The number of nitrogens with zero attached hydrogens (tertiary/aromatic N) is 1. The summed E-state index contributed by atoms with van der Waals surface area (Å²) >= 11 is 0. The van der Waals surface area contributed by atoms with E-state index in [1.165, 1.54) is 0 Å². The molecule has 3 rings (SSSR count). The summed E-state index contributed by atoms with van der Waals surface area (Å²) in [5.74, 6) is 0.859. The number of amides is 1. The molecule has 4 nitrogen and oxygen atoms in total. The highest BCUT2D eigenvalue weighted by Gasteiger charge is 2.43. The van der Waals surface area contributed by atoms with Crippen molar-refractivity contribution in [1.29, 1.82) is 0 Å². The molecule has 126 valence electrons. The number of hydrogen-bond acceptors (Lipinski definition) is 3. The number of nitrogens with one attached hydrogen (secondary N) is 1. The molecule has 0 aromatic heterocycles. The highest BCUT2D eigenvalue weighted by Crippen LogP contribution is 2.39. The van der Waals surface area contributed by atoms with Crippen LogP contribution in [0.2, 0.25) is 0 Å². The number of aryl methyl sites for hydroxylation is 1. The maximum atomic E-state index is 13.0. The SMILES string of the molecule is CNC1CCC2(CC1)CN(C(C)C)C(=O)c1cc(C)ccc1O2. The van der Waals surface area contributed by atoms with Gasteiger partial charge in [-0.3, -0.25) is 4.79 Å². The summed E-state index contributed by atoms with van der Waals surface area (Å²) in [7, 11) is 2.03. The van der Waals surface area contributed by atoms with Gasteiger partial charge >= 0.3 is 0 Å². The molecule has 1 saturated carbocycles. The molecule has 1 aromatic carbocycles. The third-order valence-electron chi connectivity index (χ3n) is 5.34. The number of carbonyl (C=O) groups is 1. The number of fused-ring (bicyclic) bond motifs is 1. The fraction of sp³-hybridized carbons (Fsp3) is 0.632. The van der Waals surface area contributed by atoms with Crippen LogP contribution < -0.4 is 10.1 Å². The third-order valence-corrected chi connectivity index (χ3v) is 5.34. The molecule has 0 bridgehead atoms. The molecule has 0 saturated heterocycles. The molecule has 1 N–H and O–H groups in total. The van der Waals surface area contributed by atoms with Crippen LogP contribution in [0.4, 0.5) is 0 Å². The summed E-state index contributed by atoms with van der Waals surface area (Å²) in [5.41, 5.74) is 1.57. The highest BCUT2D eigenvalue weighted by atomic mass is 16.5. The number of rotatable bonds is 2. The fourth-order valence-corrected chi connectivity index (χ4v) is 3.81. The van der Waals surface area contributed by atoms with Gasteiger partial charge in [-0.15, -0.1) is 0 Å². The number of ether oxygens (including phenoxy) is 1. The van der Waals surface area contributed by atoms with E-state index >= 15 is 0 Å². The zero-order chi connectivity index (χ0) is 16.6. The van der Waals surface area contributed by atoms with Crippen LogP contribution in [0.15, 0.2) is 18.2 Å². The van der Waals surface area contributed by atoms with E-state index in [-0.39, 0.29) is 17.6 Å². The Labute approximate surface area is 139 Å². The molecule has 0 atom stereocenters. The standard InChI is InChI=1S/C19H28N2O2/c1-13(2)21-12-19(9-7-15(20-4)8-10-19)23-17-6-5-14(3)11-16(17)18(21)22/h5-6,11,13,15,20H,7-10,12H2,1-4H3. The van der Waals surface area contributed by atoms with E-state index in [4.69, 9.17) is 4.74 Å². The predicted octanol–water partition coefficient (Wildman–Crippen LogP) is 3.14. The molecule has 1 amide bonds. The lowest BCUT2D eigenvalue weighted by molar-refractivity contribution is -0.00447. The van der Waals surface area contributed by atoms with Gasteiger partial charge in [0.1, 0.15) is 11.4 Å². The molecule has 0 unspecified atom stereocenters. The molecule has 23 heavy (non-hydrogen) atoms. The summed E-state index contributed by atoms with van der Waals surface area (Å²) in [6.07, 6.45) is 4.17. The van der Waals surface area contributed by atoms with Gasteiger partial charge in [0.25, 0.3) is 5.91 Å². The fourth-order valence-electron chi connectivity index (χ4n) is 3.81. The topological polar surface area (TPSA) is 41.6 Å². The average molecular weight is 316 g/mol. The molecule has 0 radical (unpaired) electrons. The lowest BCUT2D eigenvalue weighted by Crippen LogP contribution is -2.52. The molecule has 1 aliphatic carbocycles. The van der Waals surface area contributed by atoms with E-state index in [2.05, 4.69) is 19.2 Å². The van der Waals surface area contributed by atoms with Crippen LogP contribution in [0, 0.1) is 6.92 Å². The maximum absolute atomic E-state index is 13.0. The van der Waals surface area contributed by atoms with Crippen LogP contribution in [0.3, 0.4) is 0 Å². The molecule has 1 aromatic rings. The average Bonchev–Trinajstić information content (AvgIpc) is 2.65. The second-order valence-corrected chi connectivity index (χ2v) is 7.37. The van der Waals surface area contributed by atoms with Crippen molar-refractivity contribution < 1.29 is 9.53 Å². The zero-order valence-corrected chi connectivity index (χ0v) is 14.7. The van der Waals surface area contributed by atoms with E-state index in [0.717, 1.165) is 37.0 Å². The van der Waals surface area contributed by atoms with Crippen molar-refractivity contribution in [2.75, 3.05) is 13.6 Å². The van der Waals surface area contributed by atoms with Crippen LogP contribution in [0.25, 0.3) is 0 Å². The minimum absolute atomic E-state index is 0.103. The van der Waals surface area contributed by atoms with Gasteiger partial charge in [0.05, 0.1) is 12.1 Å². The monoisotopic (exact) mass is 316 g/mol. The summed E-state index contributed by atoms with van der Waals surface area (Å²) < 4.78 is 6.49. The van der Waals surface area contributed by atoms with Crippen molar-refractivity contribution in [3.05, 3.63) is 29.3 Å². The first kappa shape index (κ1) is 16.3. The Morgan fingerprint density at radius 1 is 1.30 bits per heavy atom. The van der Waals surface area contributed by atoms with E-state index in [1.807, 2.05) is 37.1 Å². The third kappa shape index (κ3) is 3.09. The molecule has 1 aliphatic heterocycles. The Morgan fingerprint density at radius 3 is 2.61 bits per heavy atom. The lowest BCUT2D eigenvalue weighted by atomic mass is 9.81. The summed E-state index contributed by atoms with van der Waals surface area (Å²) in [4.78, 5) is 15.0. The van der Waals surface area contributed by atoms with Crippen LogP contribution in [-0.2, 0) is 0 Å². The van der Waals surface area contributed by atoms with Gasteiger partial charge in [-0.25, -0.2) is 0 Å². The van der Waals surface area contributed by atoms with Crippen molar-refractivity contribution in [3.63, 3.8) is 0 Å². The first-order valence-corrected chi connectivity index (χ1v) is 8.72. The van der Waals surface area contributed by atoms with E-state index in [9.17, 15) is 4.79 Å². The van der Waals surface area contributed by atoms with Crippen molar-refractivity contribution in [1.82, 2.24) is 10.2 Å². The van der Waals surface area contributed by atoms with E-state index in [0.29, 0.717) is 18.2 Å². The summed E-state index contributed by atoms with van der Waals surface area (Å²) in [6.45, 7) is 6.89. The molecular formula is C19H28N2O2. The minimum Gasteiger partial charge on any atom is -0.485 e. The second-order valence-electron chi connectivity index (χ2n) is 7.37. The van der Waals surface area contributed by atoms with Crippen LogP contribution in [-0.4, -0.2) is 42.1 Å². The first-order valence-electron chi connectivity index (χ1n) is 8.72. The number of hydrogen-bond donors (Lipinski definition) is 1. The van der Waals surface area contributed by atoms with Crippen LogP contribution in [0.5, 0.6) is 5.75 Å². The van der Waals surface area contributed by atoms with Crippen molar-refractivity contribution >= 4 is 5.91 Å². The predicted molar refractivity (Wildman–Crippen MR) is 92.0 cm³/mol. The molecular weight excluding hydrogens is 288 g/mol. The summed E-state index contributed by atoms with van der Waals surface area (Å²) in [6, 6.07) is 6.71. The minimum atomic E-state index is -0.242. The Bertz CT molecular complexity index is 589. The Balaban J connectivity index is 1.98. The molecule has 2 aliphatic rings. The highest BCUT2D eigenvalue weighted by molar-refractivity contribution is 5.97. The Kier molecular flexibility index (Phi) is 4.37. The van der Waals surface area contributed by atoms with Crippen LogP contribution >= 0.6 is 0 Å². The van der Waals surface area contributed by atoms with Gasteiger partial charge < -0.3 is 15.0 Å². The number of carbonyl (C=O) groups excluding carboxylic acids is 1. The van der Waals surface area contributed by atoms with Crippen molar-refractivity contribution in [2.24, 2.45) is 0 Å². The molecule has 1 spiro atoms. The largest absolute Gasteiger partial charge is 0.485 e. The first-order chi connectivity index (χ1) is 10.9. The number of benzene rings is 1. The zero-order valence-electron chi connectivity index (χ0n) is 14.7. The van der Waals surface area contributed by atoms with Crippen LogP contribution in [0.1, 0.15) is 55.5 Å². The van der Waals surface area contributed by atoms with Gasteiger partial charge in [0, 0.05) is 12.1 Å². The van der Waals surface area contributed by atoms with Gasteiger partial charge in [-0.05, 0) is 65.6 Å². The summed E-state index contributed by atoms with van der Waals surface area (Å²) in [5, 5.41) is 3.37. The Morgan fingerprint density at radius 2 is 2.00 bits per heavy atom. The van der Waals surface area contributed by atoms with Crippen molar-refractivity contribution in [2.45, 2.75) is 64.1 Å². The Hall–Kier alpha value is -1.55.